The normalized spacial score (nSPS) is 13.3. The molecule has 0 saturated carbocycles. The molecule has 0 aromatic heterocycles. The van der Waals surface area contributed by atoms with Crippen molar-refractivity contribution in [1.82, 2.24) is 0 Å². The maximum Gasteiger partial charge on any atom is 1.00 e. The molecule has 3 atom stereocenters. The zero-order valence-electron chi connectivity index (χ0n) is 22.7. The molecule has 0 spiro atoms. The molecule has 3 unspecified atom stereocenters. The average molecular weight is 464 g/mol. The fourth-order valence-electron chi connectivity index (χ4n) is 3.46. The molecule has 8 heteroatoms. The van der Waals surface area contributed by atoms with E-state index in [9.17, 15) is 14.4 Å². The van der Waals surface area contributed by atoms with Gasteiger partial charge in [0.1, 0.15) is 0 Å². The van der Waals surface area contributed by atoms with E-state index < -0.39 is 25.2 Å². The maximum absolute atomic E-state index is 12.7. The van der Waals surface area contributed by atoms with Crippen LogP contribution in [0, 0.1) is 17.8 Å². The third kappa shape index (κ3) is 13.9. The Labute approximate surface area is 220 Å². The molecular weight excluding hydrogens is 418 g/mol. The molecule has 32 heavy (non-hydrogen) atoms. The predicted octanol–water partition coefficient (Wildman–Crippen LogP) is 3.37. The van der Waals surface area contributed by atoms with Crippen LogP contribution in [0.15, 0.2) is 0 Å². The van der Waals surface area contributed by atoms with E-state index in [1.807, 2.05) is 20.8 Å². The van der Waals surface area contributed by atoms with Crippen molar-refractivity contribution in [1.29, 1.82) is 0 Å². The molecular formula is C24H46BNaO6. The zero-order chi connectivity index (χ0) is 23.6. The van der Waals surface area contributed by atoms with Gasteiger partial charge in [-0.3, -0.25) is 14.4 Å². The van der Waals surface area contributed by atoms with Crippen molar-refractivity contribution in [3.8, 4) is 0 Å². The summed E-state index contributed by atoms with van der Waals surface area (Å²) >= 11 is 0. The predicted molar refractivity (Wildman–Crippen MR) is 125 cm³/mol. The molecule has 0 aliphatic carbocycles. The first-order chi connectivity index (χ1) is 14.9. The summed E-state index contributed by atoms with van der Waals surface area (Å²) in [5, 5.41) is 0. The second-order valence-corrected chi connectivity index (χ2v) is 8.34. The van der Waals surface area contributed by atoms with Gasteiger partial charge in [0.25, 0.3) is 17.9 Å². The van der Waals surface area contributed by atoms with Gasteiger partial charge in [-0.1, -0.05) is 80.1 Å². The van der Waals surface area contributed by atoms with Crippen LogP contribution < -0.4 is 29.6 Å². The maximum atomic E-state index is 12.7. The van der Waals surface area contributed by atoms with E-state index in [1.54, 1.807) is 0 Å². The van der Waals surface area contributed by atoms with Crippen LogP contribution >= 0.6 is 0 Å². The van der Waals surface area contributed by atoms with Crippen LogP contribution in [-0.2, 0) is 28.3 Å². The molecule has 0 N–H and O–H groups in total. The zero-order valence-corrected chi connectivity index (χ0v) is 23.7. The van der Waals surface area contributed by atoms with Crippen molar-refractivity contribution in [2.24, 2.45) is 17.8 Å². The summed E-state index contributed by atoms with van der Waals surface area (Å²) in [5.41, 5.74) is 0. The van der Waals surface area contributed by atoms with Crippen molar-refractivity contribution in [3.05, 3.63) is 0 Å². The molecule has 0 aliphatic rings. The quantitative estimate of drug-likeness (QED) is 0.290. The van der Waals surface area contributed by atoms with Crippen molar-refractivity contribution >= 4 is 25.2 Å². The molecule has 0 aromatic carbocycles. The summed E-state index contributed by atoms with van der Waals surface area (Å²) in [6, 6.07) is 0. The molecule has 0 rings (SSSR count). The summed E-state index contributed by atoms with van der Waals surface area (Å²) in [6.45, 7) is 11.9. The minimum atomic E-state index is -1.62. The van der Waals surface area contributed by atoms with Gasteiger partial charge in [0.05, 0.1) is 17.8 Å². The molecule has 0 heterocycles. The molecule has 182 valence electrons. The first-order valence-corrected chi connectivity index (χ1v) is 12.5. The van der Waals surface area contributed by atoms with Crippen LogP contribution in [0.3, 0.4) is 0 Å². The summed E-state index contributed by atoms with van der Waals surface area (Å²) in [5.74, 6) is -2.35. The van der Waals surface area contributed by atoms with E-state index in [4.69, 9.17) is 14.0 Å². The summed E-state index contributed by atoms with van der Waals surface area (Å²) in [4.78, 5) is 38.0. The Morgan fingerprint density at radius 2 is 0.844 bits per heavy atom. The van der Waals surface area contributed by atoms with Gasteiger partial charge in [-0.15, -0.1) is 0 Å². The first-order valence-electron chi connectivity index (χ1n) is 12.5. The third-order valence-corrected chi connectivity index (χ3v) is 5.83. The fourth-order valence-corrected chi connectivity index (χ4v) is 3.46. The first kappa shape index (κ1) is 33.6. The Morgan fingerprint density at radius 3 is 1.03 bits per heavy atom. The monoisotopic (exact) mass is 464 g/mol. The molecule has 6 nitrogen and oxygen atoms in total. The van der Waals surface area contributed by atoms with Crippen molar-refractivity contribution in [3.63, 3.8) is 0 Å². The Morgan fingerprint density at radius 1 is 0.594 bits per heavy atom. The minimum absolute atomic E-state index is 0. The van der Waals surface area contributed by atoms with Gasteiger partial charge >= 0.3 is 36.9 Å². The van der Waals surface area contributed by atoms with Crippen LogP contribution in [-0.4, -0.2) is 25.2 Å². The Kier molecular flexibility index (Phi) is 22.1. The van der Waals surface area contributed by atoms with Gasteiger partial charge in [0.15, 0.2) is 0 Å². The topological polar surface area (TPSA) is 78.9 Å². The van der Waals surface area contributed by atoms with Crippen LogP contribution in [0.2, 0.25) is 0 Å². The second kappa shape index (κ2) is 21.0. The molecule has 0 bridgehead atoms. The second-order valence-electron chi connectivity index (χ2n) is 8.34. The van der Waals surface area contributed by atoms with E-state index in [0.29, 0.717) is 38.5 Å². The van der Waals surface area contributed by atoms with E-state index in [1.165, 1.54) is 0 Å². The molecule has 0 aliphatic heterocycles. The van der Waals surface area contributed by atoms with Crippen LogP contribution in [0.5, 0.6) is 0 Å². The smallest absolute Gasteiger partial charge is 1.00 e. The standard InChI is InChI=1S/C24H45BO6.Na.H/c1-7-13-16-19(10-4)22(26)29-25(30-23(27)20(11-5)17-14-8-2)31-24(28)21(12-6)18-15-9-3;;/h19-21H,7-18H2,1-6H3;;/q;+1;-1. The number of carbonyl (C=O) groups excluding carboxylic acids is 3. The van der Waals surface area contributed by atoms with Gasteiger partial charge < -0.3 is 15.4 Å². The van der Waals surface area contributed by atoms with Gasteiger partial charge in [-0.25, -0.2) is 0 Å². The van der Waals surface area contributed by atoms with Crippen molar-refractivity contribution in [2.75, 3.05) is 0 Å². The van der Waals surface area contributed by atoms with E-state index in [2.05, 4.69) is 20.8 Å². The van der Waals surface area contributed by atoms with E-state index in [-0.39, 0.29) is 48.7 Å². The number of unbranched alkanes of at least 4 members (excludes halogenated alkanes) is 3. The van der Waals surface area contributed by atoms with Crippen molar-refractivity contribution < 1.29 is 59.3 Å². The number of rotatable bonds is 18. The summed E-state index contributed by atoms with van der Waals surface area (Å²) in [6.07, 6.45) is 9.59. The third-order valence-electron chi connectivity index (χ3n) is 5.83. The Bertz CT molecular complexity index is 452. The van der Waals surface area contributed by atoms with Crippen molar-refractivity contribution in [2.45, 2.75) is 119 Å². The van der Waals surface area contributed by atoms with Crippen LogP contribution in [0.25, 0.3) is 0 Å². The van der Waals surface area contributed by atoms with Gasteiger partial charge in [-0.2, -0.15) is 0 Å². The largest absolute Gasteiger partial charge is 1.00 e. The molecule has 0 radical (unpaired) electrons. The average Bonchev–Trinajstić information content (AvgIpc) is 2.75. The van der Waals surface area contributed by atoms with E-state index >= 15 is 0 Å². The summed E-state index contributed by atoms with van der Waals surface area (Å²) in [7, 11) is -1.62. The van der Waals surface area contributed by atoms with Gasteiger partial charge in [0.2, 0.25) is 0 Å². The SMILES string of the molecule is CCCCC(CC)C(=O)OB(OC(=O)C(CC)CCCC)OC(=O)C(CC)CCCC.[H-].[Na+]. The van der Waals surface area contributed by atoms with Crippen LogP contribution in [0.1, 0.15) is 120 Å². The van der Waals surface area contributed by atoms with E-state index in [0.717, 1.165) is 38.5 Å². The Hall–Kier alpha value is -0.525. The number of hydrogen-bond donors (Lipinski definition) is 0. The Balaban J connectivity index is -0.00000450. The molecule has 0 saturated heterocycles. The number of carbonyl (C=O) groups is 3. The summed E-state index contributed by atoms with van der Waals surface area (Å²) < 4.78 is 16.2. The molecule has 0 aromatic rings. The van der Waals surface area contributed by atoms with Gasteiger partial charge in [0, 0.05) is 0 Å². The molecule has 0 amide bonds. The number of hydrogen-bond acceptors (Lipinski definition) is 6. The molecule has 0 fully saturated rings. The van der Waals surface area contributed by atoms with Crippen LogP contribution in [0.4, 0.5) is 0 Å². The van der Waals surface area contributed by atoms with Gasteiger partial charge in [-0.05, 0) is 38.5 Å². The fraction of sp³-hybridized carbons (Fsp3) is 0.875. The minimum Gasteiger partial charge on any atom is -1.00 e.